The minimum absolute atomic E-state index is 0.0120. The van der Waals surface area contributed by atoms with Crippen LogP contribution < -0.4 is 32.3 Å². The molecule has 0 aromatic heterocycles. The summed E-state index contributed by atoms with van der Waals surface area (Å²) in [6.07, 6.45) is 13.5. The zero-order chi connectivity index (χ0) is 31.6. The maximum atomic E-state index is 12.0. The number of rotatable bonds is 8. The van der Waals surface area contributed by atoms with Crippen LogP contribution in [-0.2, 0) is 14.3 Å². The molecule has 3 unspecified atom stereocenters. The number of hydrogen-bond donors (Lipinski definition) is 3. The molecule has 0 aromatic rings. The quantitative estimate of drug-likeness (QED) is 0.0896. The fourth-order valence-electron chi connectivity index (χ4n) is 11.7. The third kappa shape index (κ3) is 5.22. The number of primary amides is 1. The van der Waals surface area contributed by atoms with Crippen LogP contribution in [0.4, 0.5) is 0 Å². The molecule has 0 radical (unpaired) electrons. The molecule has 5 aliphatic carbocycles. The Morgan fingerprint density at radius 1 is 1.00 bits per heavy atom. The molecule has 0 aliphatic heterocycles. The number of allylic oxidation sites excluding steroid dienone is 2. The Kier molecular flexibility index (Phi) is 8.99. The topological polar surface area (TPSA) is 102 Å². The number of aliphatic hydroxyl groups excluding tert-OH is 1. The summed E-state index contributed by atoms with van der Waals surface area (Å²) in [7, 11) is 0. The van der Waals surface area contributed by atoms with Gasteiger partial charge in [0.2, 0.25) is 0 Å². The van der Waals surface area contributed by atoms with Gasteiger partial charge in [-0.25, -0.2) is 0 Å². The van der Waals surface area contributed by atoms with Gasteiger partial charge in [-0.05, 0) is 0 Å². The van der Waals surface area contributed by atoms with Crippen molar-refractivity contribution < 1.29 is 40.6 Å². The predicted molar refractivity (Wildman–Crippen MR) is 167 cm³/mol. The van der Waals surface area contributed by atoms with E-state index in [-0.39, 0.29) is 43.8 Å². The van der Waals surface area contributed by atoms with E-state index in [1.807, 2.05) is 0 Å². The summed E-state index contributed by atoms with van der Waals surface area (Å²) in [4.78, 5) is 24.1. The monoisotopic (exact) mass is 709 g/mol. The van der Waals surface area contributed by atoms with Gasteiger partial charge >= 0.3 is 260 Å². The van der Waals surface area contributed by atoms with Gasteiger partial charge in [-0.3, -0.25) is 4.79 Å². The van der Waals surface area contributed by atoms with E-state index >= 15 is 0 Å². The summed E-state index contributed by atoms with van der Waals surface area (Å²) in [6.45, 7) is 19.5. The van der Waals surface area contributed by atoms with Crippen LogP contribution in [0.2, 0.25) is 0 Å². The molecular formula is C36H58IN2O4-. The molecule has 8 atom stereocenters. The standard InChI is InChI=1S/C36H58IN2O4/c1-22(2)24-11-16-36(37-29(21-30(38)42)39-19-20-40)18-17-34(7)25(31(24)36)9-10-27-33(6)14-13-28(43-23(3)41)32(4,5)26(33)12-15-35(27,34)8/h21-22,25-28,39-40H,9-20H2,1-8H3,(H2,38,42)/q-1/b29-21-/t25-,26?,27?,28+,33+,34-,35-,36?/m1/s1. The summed E-state index contributed by atoms with van der Waals surface area (Å²) < 4.78 is 7.10. The number of hydrogen-bond acceptors (Lipinski definition) is 5. The van der Waals surface area contributed by atoms with E-state index in [4.69, 9.17) is 10.5 Å². The Hall–Kier alpha value is -1.09. The van der Waals surface area contributed by atoms with Crippen molar-refractivity contribution in [2.45, 2.75) is 129 Å². The Morgan fingerprint density at radius 2 is 1.72 bits per heavy atom. The third-order valence-electron chi connectivity index (χ3n) is 13.8. The van der Waals surface area contributed by atoms with Gasteiger partial charge in [-0.2, -0.15) is 0 Å². The fraction of sp³-hybridized carbons (Fsp3) is 0.833. The van der Waals surface area contributed by atoms with Gasteiger partial charge in [-0.1, -0.05) is 0 Å². The number of fused-ring (bicyclic) bond motifs is 7. The van der Waals surface area contributed by atoms with Crippen LogP contribution in [0.5, 0.6) is 0 Å². The average molecular weight is 710 g/mol. The van der Waals surface area contributed by atoms with Crippen molar-refractivity contribution in [3.8, 4) is 0 Å². The molecule has 0 spiro atoms. The van der Waals surface area contributed by atoms with E-state index in [0.717, 1.165) is 16.5 Å². The van der Waals surface area contributed by atoms with E-state index in [1.165, 1.54) is 51.4 Å². The maximum absolute atomic E-state index is 12.0. The molecule has 5 rings (SSSR count). The van der Waals surface area contributed by atoms with Crippen LogP contribution in [0.1, 0.15) is 120 Å². The molecule has 0 bridgehead atoms. The molecule has 43 heavy (non-hydrogen) atoms. The van der Waals surface area contributed by atoms with E-state index < -0.39 is 27.1 Å². The number of esters is 1. The molecule has 1 amide bonds. The number of alkyl halides is 1. The summed E-state index contributed by atoms with van der Waals surface area (Å²) in [5.74, 6) is 1.81. The zero-order valence-corrected chi connectivity index (χ0v) is 30.2. The molecule has 4 N–H and O–H groups in total. The second kappa shape index (κ2) is 11.6. The van der Waals surface area contributed by atoms with Crippen molar-refractivity contribution in [1.82, 2.24) is 5.32 Å². The second-order valence-corrected chi connectivity index (χ2v) is 20.0. The number of ether oxygens (including phenoxy) is 1. The number of amides is 1. The first kappa shape index (κ1) is 33.3. The first-order valence-corrected chi connectivity index (χ1v) is 19.1. The molecule has 0 heterocycles. The Bertz CT molecular complexity index is 1190. The van der Waals surface area contributed by atoms with Crippen molar-refractivity contribution >= 4 is 11.9 Å². The zero-order valence-electron chi connectivity index (χ0n) is 28.1. The van der Waals surface area contributed by atoms with Gasteiger partial charge in [0, 0.05) is 6.92 Å². The van der Waals surface area contributed by atoms with Gasteiger partial charge in [0.15, 0.2) is 0 Å². The second-order valence-electron chi connectivity index (χ2n) is 16.3. The van der Waals surface area contributed by atoms with Gasteiger partial charge in [0.25, 0.3) is 0 Å². The van der Waals surface area contributed by atoms with Crippen LogP contribution in [-0.4, -0.2) is 39.7 Å². The minimum atomic E-state index is -0.530. The molecule has 0 saturated heterocycles. The van der Waals surface area contributed by atoms with Crippen molar-refractivity contribution in [2.24, 2.45) is 51.1 Å². The van der Waals surface area contributed by atoms with Crippen molar-refractivity contribution in [3.63, 3.8) is 0 Å². The Labute approximate surface area is 271 Å². The number of nitrogens with one attached hydrogen (secondary N) is 1. The molecule has 0 aromatic carbocycles. The number of aliphatic hydroxyl groups is 1. The molecular weight excluding hydrogens is 651 g/mol. The van der Waals surface area contributed by atoms with Crippen molar-refractivity contribution in [1.29, 1.82) is 0 Å². The predicted octanol–water partition coefficient (Wildman–Crippen LogP) is 3.47. The SMILES string of the molecule is CC(=O)O[C@H]1CC[C@@]2(C)C(CC[C@]3(C)C2CC[C@@H]2C4=C(C(C)C)CCC4([I-]/C(=C/C(N)=O)NCCO)CC[C@]23C)C1(C)C. The number of nitrogens with two attached hydrogens (primary N) is 1. The molecule has 6 nitrogen and oxygen atoms in total. The van der Waals surface area contributed by atoms with Gasteiger partial charge in [0.1, 0.15) is 0 Å². The summed E-state index contributed by atoms with van der Waals surface area (Å²) in [5, 5.41) is 12.9. The average Bonchev–Trinajstić information content (AvgIpc) is 3.28. The molecule has 4 fully saturated rings. The molecule has 244 valence electrons. The van der Waals surface area contributed by atoms with Crippen LogP contribution in [0.15, 0.2) is 20.9 Å². The van der Waals surface area contributed by atoms with Crippen LogP contribution in [0, 0.1) is 45.3 Å². The molecule has 5 aliphatic rings. The van der Waals surface area contributed by atoms with E-state index in [0.29, 0.717) is 30.2 Å². The van der Waals surface area contributed by atoms with Crippen LogP contribution in [0.3, 0.4) is 0 Å². The van der Waals surface area contributed by atoms with Gasteiger partial charge in [-0.15, -0.1) is 0 Å². The summed E-state index contributed by atoms with van der Waals surface area (Å²) in [6, 6.07) is 0. The van der Waals surface area contributed by atoms with Crippen LogP contribution >= 0.6 is 0 Å². The number of halogens is 1. The van der Waals surface area contributed by atoms with E-state index in [1.54, 1.807) is 24.1 Å². The van der Waals surface area contributed by atoms with E-state index in [2.05, 4.69) is 53.8 Å². The first-order valence-electron chi connectivity index (χ1n) is 17.0. The first-order chi connectivity index (χ1) is 20.1. The van der Waals surface area contributed by atoms with Gasteiger partial charge in [0.05, 0.1) is 0 Å². The fourth-order valence-corrected chi connectivity index (χ4v) is 15.9. The van der Waals surface area contributed by atoms with Crippen LogP contribution in [0.25, 0.3) is 0 Å². The number of carbonyl (C=O) groups is 2. The van der Waals surface area contributed by atoms with E-state index in [9.17, 15) is 14.7 Å². The molecule has 7 heteroatoms. The Balaban J connectivity index is 1.51. The summed E-state index contributed by atoms with van der Waals surface area (Å²) in [5.41, 5.74) is 9.87. The van der Waals surface area contributed by atoms with Crippen molar-refractivity contribution in [2.75, 3.05) is 13.2 Å². The third-order valence-corrected chi connectivity index (χ3v) is 17.7. The van der Waals surface area contributed by atoms with Gasteiger partial charge < -0.3 is 0 Å². The normalized spacial score (nSPS) is 42.1. The Morgan fingerprint density at radius 3 is 2.35 bits per heavy atom. The summed E-state index contributed by atoms with van der Waals surface area (Å²) >= 11 is -0.530. The number of carbonyl (C=O) groups excluding carboxylic acids is 2. The van der Waals surface area contributed by atoms with Crippen molar-refractivity contribution in [3.05, 3.63) is 20.9 Å². The molecule has 4 saturated carbocycles.